The number of nitrogens with one attached hydrogen (secondary N) is 1. The molecular formula is C29H45ClN4O. The molecule has 2 aliphatic rings. The van der Waals surface area contributed by atoms with Crippen molar-refractivity contribution >= 4 is 11.6 Å². The van der Waals surface area contributed by atoms with Crippen LogP contribution in [0.5, 0.6) is 0 Å². The van der Waals surface area contributed by atoms with Gasteiger partial charge in [0.1, 0.15) is 5.76 Å². The highest BCUT2D eigenvalue weighted by Gasteiger charge is 2.25. The van der Waals surface area contributed by atoms with Gasteiger partial charge in [0.05, 0.1) is 16.3 Å². The Balaban J connectivity index is 1.18. The van der Waals surface area contributed by atoms with Crippen LogP contribution in [0.25, 0.3) is 11.5 Å². The van der Waals surface area contributed by atoms with Gasteiger partial charge in [-0.25, -0.2) is 4.98 Å². The molecule has 1 unspecified atom stereocenters. The summed E-state index contributed by atoms with van der Waals surface area (Å²) in [5, 5.41) is 4.53. The Labute approximate surface area is 217 Å². The number of aryl methyl sites for hydroxylation is 2. The van der Waals surface area contributed by atoms with Crippen LogP contribution in [0, 0.1) is 25.7 Å². The highest BCUT2D eigenvalue weighted by Crippen LogP contribution is 2.32. The maximum absolute atomic E-state index is 6.44. The SMILES string of the molecule is CCC1CCN(CCCNC(C)C2CCN(Cc3nc(-c4c(C)cccc4Cl)oc3C)CC2)CC1. The first-order valence-corrected chi connectivity index (χ1v) is 14.2. The minimum absolute atomic E-state index is 0.589. The van der Waals surface area contributed by atoms with Crippen molar-refractivity contribution in [2.75, 3.05) is 39.3 Å². The molecule has 1 aromatic carbocycles. The topological polar surface area (TPSA) is 44.5 Å². The molecule has 0 amide bonds. The Bertz CT molecular complexity index is 909. The summed E-state index contributed by atoms with van der Waals surface area (Å²) in [5.41, 5.74) is 3.04. The Morgan fingerprint density at radius 3 is 2.49 bits per heavy atom. The maximum Gasteiger partial charge on any atom is 0.228 e. The lowest BCUT2D eigenvalue weighted by Gasteiger charge is -2.35. The molecule has 0 spiro atoms. The molecular weight excluding hydrogens is 456 g/mol. The fraction of sp³-hybridized carbons (Fsp3) is 0.690. The van der Waals surface area contributed by atoms with E-state index in [4.69, 9.17) is 21.0 Å². The number of likely N-dealkylation sites (tertiary alicyclic amines) is 2. The van der Waals surface area contributed by atoms with Crippen molar-refractivity contribution in [3.05, 3.63) is 40.2 Å². The monoisotopic (exact) mass is 500 g/mol. The smallest absolute Gasteiger partial charge is 0.228 e. The summed E-state index contributed by atoms with van der Waals surface area (Å²) in [4.78, 5) is 10.0. The predicted molar refractivity (Wildman–Crippen MR) is 146 cm³/mol. The minimum Gasteiger partial charge on any atom is -0.441 e. The highest BCUT2D eigenvalue weighted by atomic mass is 35.5. The van der Waals surface area contributed by atoms with E-state index in [9.17, 15) is 0 Å². The second-order valence-corrected chi connectivity index (χ2v) is 11.3. The van der Waals surface area contributed by atoms with Gasteiger partial charge in [0.25, 0.3) is 0 Å². The largest absolute Gasteiger partial charge is 0.441 e. The lowest BCUT2D eigenvalue weighted by molar-refractivity contribution is 0.152. The van der Waals surface area contributed by atoms with Crippen LogP contribution in [-0.4, -0.2) is 60.1 Å². The zero-order valence-corrected chi connectivity index (χ0v) is 23.0. The Kier molecular flexibility index (Phi) is 9.68. The molecule has 3 heterocycles. The number of rotatable bonds is 10. The van der Waals surface area contributed by atoms with Crippen molar-refractivity contribution in [2.24, 2.45) is 11.8 Å². The van der Waals surface area contributed by atoms with Gasteiger partial charge in [0, 0.05) is 12.6 Å². The average Bonchev–Trinajstić information content (AvgIpc) is 3.21. The summed E-state index contributed by atoms with van der Waals surface area (Å²) < 4.78 is 6.04. The normalized spacial score (nSPS) is 19.9. The van der Waals surface area contributed by atoms with Crippen LogP contribution >= 0.6 is 11.6 Å². The molecule has 5 nitrogen and oxygen atoms in total. The lowest BCUT2D eigenvalue weighted by atomic mass is 9.90. The van der Waals surface area contributed by atoms with Crippen LogP contribution in [0.2, 0.25) is 5.02 Å². The van der Waals surface area contributed by atoms with E-state index in [0.29, 0.717) is 17.0 Å². The number of halogens is 1. The molecule has 0 radical (unpaired) electrons. The maximum atomic E-state index is 6.44. The fourth-order valence-corrected chi connectivity index (χ4v) is 6.13. The molecule has 194 valence electrons. The molecule has 1 N–H and O–H groups in total. The Morgan fingerprint density at radius 2 is 1.80 bits per heavy atom. The lowest BCUT2D eigenvalue weighted by Crippen LogP contribution is -2.42. The third kappa shape index (κ3) is 7.09. The van der Waals surface area contributed by atoms with Crippen molar-refractivity contribution in [2.45, 2.75) is 78.8 Å². The minimum atomic E-state index is 0.589. The third-order valence-corrected chi connectivity index (χ3v) is 8.76. The van der Waals surface area contributed by atoms with Crippen molar-refractivity contribution < 1.29 is 4.42 Å². The summed E-state index contributed by atoms with van der Waals surface area (Å²) in [6.45, 7) is 16.9. The molecule has 4 rings (SSSR count). The molecule has 2 fully saturated rings. The second kappa shape index (κ2) is 12.7. The van der Waals surface area contributed by atoms with Crippen LogP contribution in [-0.2, 0) is 6.54 Å². The Morgan fingerprint density at radius 1 is 1.09 bits per heavy atom. The van der Waals surface area contributed by atoms with Gasteiger partial charge in [-0.2, -0.15) is 0 Å². The van der Waals surface area contributed by atoms with Crippen molar-refractivity contribution in [1.29, 1.82) is 0 Å². The Hall–Kier alpha value is -1.40. The number of benzene rings is 1. The summed E-state index contributed by atoms with van der Waals surface area (Å²) in [6, 6.07) is 6.51. The van der Waals surface area contributed by atoms with Crippen molar-refractivity contribution in [3.8, 4) is 11.5 Å². The first kappa shape index (κ1) is 26.7. The quantitative estimate of drug-likeness (QED) is 0.387. The number of oxazole rings is 1. The van der Waals surface area contributed by atoms with Gasteiger partial charge in [0.2, 0.25) is 5.89 Å². The molecule has 1 atom stereocenters. The van der Waals surface area contributed by atoms with Crippen LogP contribution in [0.1, 0.15) is 69.4 Å². The molecule has 0 aliphatic carbocycles. The standard InChI is InChI=1S/C29H45ClN4O/c1-5-24-10-16-33(17-11-24)15-7-14-31-22(3)25-12-18-34(19-13-25)20-27-23(4)35-29(32-27)28-21(2)8-6-9-26(28)30/h6,8-9,22,24-25,31H,5,7,10-20H2,1-4H3. The van der Waals surface area contributed by atoms with Gasteiger partial charge in [-0.3, -0.25) is 4.90 Å². The van der Waals surface area contributed by atoms with E-state index in [-0.39, 0.29) is 0 Å². The van der Waals surface area contributed by atoms with Crippen LogP contribution < -0.4 is 5.32 Å². The fourth-order valence-electron chi connectivity index (χ4n) is 5.82. The third-order valence-electron chi connectivity index (χ3n) is 8.44. The molecule has 1 aromatic heterocycles. The van der Waals surface area contributed by atoms with Gasteiger partial charge in [-0.1, -0.05) is 37.1 Å². The second-order valence-electron chi connectivity index (χ2n) is 10.9. The number of hydrogen-bond donors (Lipinski definition) is 1. The van der Waals surface area contributed by atoms with Gasteiger partial charge in [-0.05, 0) is 116 Å². The molecule has 0 saturated carbocycles. The van der Waals surface area contributed by atoms with Gasteiger partial charge >= 0.3 is 0 Å². The molecule has 35 heavy (non-hydrogen) atoms. The van der Waals surface area contributed by atoms with Gasteiger partial charge in [0.15, 0.2) is 0 Å². The number of hydrogen-bond acceptors (Lipinski definition) is 5. The zero-order valence-electron chi connectivity index (χ0n) is 22.3. The summed E-state index contributed by atoms with van der Waals surface area (Å²) in [5.74, 6) is 3.27. The molecule has 2 aromatic rings. The van der Waals surface area contributed by atoms with E-state index in [0.717, 1.165) is 60.6 Å². The number of nitrogens with zero attached hydrogens (tertiary/aromatic N) is 3. The van der Waals surface area contributed by atoms with Gasteiger partial charge in [-0.15, -0.1) is 0 Å². The highest BCUT2D eigenvalue weighted by molar-refractivity contribution is 6.33. The number of piperidine rings is 2. The van der Waals surface area contributed by atoms with E-state index in [1.165, 1.54) is 58.2 Å². The predicted octanol–water partition coefficient (Wildman–Crippen LogP) is 6.31. The van der Waals surface area contributed by atoms with Crippen molar-refractivity contribution in [3.63, 3.8) is 0 Å². The molecule has 2 saturated heterocycles. The van der Waals surface area contributed by atoms with E-state index < -0.39 is 0 Å². The van der Waals surface area contributed by atoms with Crippen LogP contribution in [0.3, 0.4) is 0 Å². The molecule has 2 aliphatic heterocycles. The summed E-state index contributed by atoms with van der Waals surface area (Å²) in [7, 11) is 0. The first-order chi connectivity index (χ1) is 16.9. The van der Waals surface area contributed by atoms with E-state index >= 15 is 0 Å². The summed E-state index contributed by atoms with van der Waals surface area (Å²) >= 11 is 6.44. The number of aromatic nitrogens is 1. The van der Waals surface area contributed by atoms with Crippen LogP contribution in [0.15, 0.2) is 22.6 Å². The van der Waals surface area contributed by atoms with E-state index in [1.54, 1.807) is 0 Å². The van der Waals surface area contributed by atoms with E-state index in [2.05, 4.69) is 42.0 Å². The average molecular weight is 501 g/mol. The van der Waals surface area contributed by atoms with E-state index in [1.807, 2.05) is 19.1 Å². The van der Waals surface area contributed by atoms with Crippen LogP contribution in [0.4, 0.5) is 0 Å². The summed E-state index contributed by atoms with van der Waals surface area (Å²) in [6.07, 6.45) is 7.89. The molecule has 6 heteroatoms. The van der Waals surface area contributed by atoms with Gasteiger partial charge < -0.3 is 14.6 Å². The zero-order chi connectivity index (χ0) is 24.8. The first-order valence-electron chi connectivity index (χ1n) is 13.8. The molecule has 0 bridgehead atoms. The van der Waals surface area contributed by atoms with Crippen molar-refractivity contribution in [1.82, 2.24) is 20.1 Å².